The maximum absolute atomic E-state index is 4.70. The van der Waals surface area contributed by atoms with Crippen LogP contribution in [0.25, 0.3) is 11.3 Å². The van der Waals surface area contributed by atoms with Gasteiger partial charge in [-0.25, -0.2) is 4.98 Å². The van der Waals surface area contributed by atoms with E-state index in [9.17, 15) is 0 Å². The van der Waals surface area contributed by atoms with E-state index in [2.05, 4.69) is 101 Å². The van der Waals surface area contributed by atoms with Gasteiger partial charge in [0.05, 0.1) is 5.69 Å². The molecular weight excluding hydrogens is 429 g/mol. The van der Waals surface area contributed by atoms with Crippen LogP contribution in [-0.2, 0) is 0 Å². The van der Waals surface area contributed by atoms with Crippen LogP contribution in [0.3, 0.4) is 0 Å². The van der Waals surface area contributed by atoms with Gasteiger partial charge in [0.25, 0.3) is 0 Å². The summed E-state index contributed by atoms with van der Waals surface area (Å²) < 4.78 is 1.23. The average molecular weight is 449 g/mol. The first-order chi connectivity index (χ1) is 11.7. The van der Waals surface area contributed by atoms with Crippen molar-refractivity contribution in [2.45, 2.75) is 13.8 Å². The smallest absolute Gasteiger partial charge is 0.187 e. The third kappa shape index (κ3) is 4.08. The fourth-order valence-corrected chi connectivity index (χ4v) is 3.65. The summed E-state index contributed by atoms with van der Waals surface area (Å²) in [6, 6.07) is 17.0. The summed E-state index contributed by atoms with van der Waals surface area (Å²) in [5, 5.41) is 6.38. The Morgan fingerprint density at radius 1 is 1.00 bits per heavy atom. The molecule has 0 aliphatic rings. The van der Waals surface area contributed by atoms with Crippen LogP contribution >= 0.6 is 33.9 Å². The lowest BCUT2D eigenvalue weighted by atomic mass is 10.1. The van der Waals surface area contributed by atoms with Crippen molar-refractivity contribution < 1.29 is 0 Å². The molecule has 0 atom stereocenters. The van der Waals surface area contributed by atoms with Gasteiger partial charge in [-0.05, 0) is 72.8 Å². The fourth-order valence-electron chi connectivity index (χ4n) is 2.55. The minimum atomic E-state index is 0.916. The van der Waals surface area contributed by atoms with E-state index in [1.54, 1.807) is 11.3 Å². The Bertz CT molecular complexity index is 777. The molecule has 0 fully saturated rings. The Kier molecular flexibility index (Phi) is 5.73. The Balaban J connectivity index is 1.74. The van der Waals surface area contributed by atoms with Crippen molar-refractivity contribution in [1.82, 2.24) is 4.98 Å². The van der Waals surface area contributed by atoms with Crippen molar-refractivity contribution in [2.75, 3.05) is 23.3 Å². The largest absolute Gasteiger partial charge is 0.372 e. The molecule has 1 aromatic heterocycles. The van der Waals surface area contributed by atoms with E-state index in [1.807, 2.05) is 0 Å². The van der Waals surface area contributed by atoms with Gasteiger partial charge in [-0.1, -0.05) is 12.1 Å². The zero-order valence-corrected chi connectivity index (χ0v) is 16.8. The van der Waals surface area contributed by atoms with Gasteiger partial charge in [0.1, 0.15) is 0 Å². The highest BCUT2D eigenvalue weighted by molar-refractivity contribution is 14.1. The lowest BCUT2D eigenvalue weighted by Crippen LogP contribution is -2.21. The number of nitrogens with one attached hydrogen (secondary N) is 1. The molecule has 0 radical (unpaired) electrons. The summed E-state index contributed by atoms with van der Waals surface area (Å²) >= 11 is 3.94. The van der Waals surface area contributed by atoms with E-state index < -0.39 is 0 Å². The van der Waals surface area contributed by atoms with Crippen LogP contribution in [-0.4, -0.2) is 18.1 Å². The van der Waals surface area contributed by atoms with Crippen LogP contribution in [0.5, 0.6) is 0 Å². The van der Waals surface area contributed by atoms with E-state index in [4.69, 9.17) is 4.98 Å². The van der Waals surface area contributed by atoms with Gasteiger partial charge >= 0.3 is 0 Å². The molecule has 2 aromatic carbocycles. The summed E-state index contributed by atoms with van der Waals surface area (Å²) in [5.74, 6) is 0. The molecule has 0 spiro atoms. The molecule has 0 saturated carbocycles. The molecule has 3 nitrogen and oxygen atoms in total. The summed E-state index contributed by atoms with van der Waals surface area (Å²) in [6.45, 7) is 6.41. The van der Waals surface area contributed by atoms with E-state index in [-0.39, 0.29) is 0 Å². The van der Waals surface area contributed by atoms with E-state index in [1.165, 1.54) is 9.26 Å². The zero-order chi connectivity index (χ0) is 16.9. The first-order valence-electron chi connectivity index (χ1n) is 8.03. The first-order valence-corrected chi connectivity index (χ1v) is 9.99. The maximum atomic E-state index is 4.70. The van der Waals surface area contributed by atoms with Gasteiger partial charge in [0, 0.05) is 39.0 Å². The number of thiazole rings is 1. The number of rotatable bonds is 6. The first kappa shape index (κ1) is 17.2. The van der Waals surface area contributed by atoms with Crippen molar-refractivity contribution in [3.05, 3.63) is 57.5 Å². The standard InChI is InChI=1S/C19H20IN3S/c1-3-23(4-2)17-11-5-14(6-12-17)18-13-24-19(22-18)21-16-9-7-15(20)8-10-16/h5-13H,3-4H2,1-2H3,(H,21,22). The van der Waals surface area contributed by atoms with Crippen molar-refractivity contribution in [1.29, 1.82) is 0 Å². The highest BCUT2D eigenvalue weighted by Crippen LogP contribution is 2.28. The van der Waals surface area contributed by atoms with Crippen molar-refractivity contribution in [3.8, 4) is 11.3 Å². The lowest BCUT2D eigenvalue weighted by Gasteiger charge is -2.20. The zero-order valence-electron chi connectivity index (χ0n) is 13.8. The normalized spacial score (nSPS) is 10.6. The number of hydrogen-bond acceptors (Lipinski definition) is 4. The van der Waals surface area contributed by atoms with Gasteiger partial charge in [0.2, 0.25) is 0 Å². The third-order valence-electron chi connectivity index (χ3n) is 3.89. The molecule has 1 heterocycles. The topological polar surface area (TPSA) is 28.2 Å². The van der Waals surface area contributed by atoms with Gasteiger partial charge in [0.15, 0.2) is 5.13 Å². The van der Waals surface area contributed by atoms with Crippen molar-refractivity contribution in [2.24, 2.45) is 0 Å². The third-order valence-corrected chi connectivity index (χ3v) is 5.37. The number of benzene rings is 2. The molecule has 1 N–H and O–H groups in total. The van der Waals surface area contributed by atoms with Gasteiger partial charge in [-0.3, -0.25) is 0 Å². The highest BCUT2D eigenvalue weighted by Gasteiger charge is 2.07. The van der Waals surface area contributed by atoms with Crippen LogP contribution in [0, 0.1) is 3.57 Å². The van der Waals surface area contributed by atoms with Crippen LogP contribution in [0.4, 0.5) is 16.5 Å². The minimum absolute atomic E-state index is 0.916. The van der Waals surface area contributed by atoms with Crippen molar-refractivity contribution in [3.63, 3.8) is 0 Å². The molecule has 0 aliphatic heterocycles. The Morgan fingerprint density at radius 2 is 1.67 bits per heavy atom. The minimum Gasteiger partial charge on any atom is -0.372 e. The maximum Gasteiger partial charge on any atom is 0.187 e. The van der Waals surface area contributed by atoms with Crippen LogP contribution in [0.15, 0.2) is 53.9 Å². The molecule has 5 heteroatoms. The summed E-state index contributed by atoms with van der Waals surface area (Å²) in [7, 11) is 0. The fraction of sp³-hybridized carbons (Fsp3) is 0.211. The predicted octanol–water partition coefficient (Wildman–Crippen LogP) is 6.00. The summed E-state index contributed by atoms with van der Waals surface area (Å²) in [6.07, 6.45) is 0. The molecule has 24 heavy (non-hydrogen) atoms. The Hall–Kier alpha value is -1.60. The number of hydrogen-bond donors (Lipinski definition) is 1. The molecular formula is C19H20IN3S. The number of aromatic nitrogens is 1. The Labute approximate surface area is 160 Å². The van der Waals surface area contributed by atoms with Gasteiger partial charge in [-0.2, -0.15) is 0 Å². The molecule has 0 aliphatic carbocycles. The summed E-state index contributed by atoms with van der Waals surface area (Å²) in [4.78, 5) is 7.05. The second kappa shape index (κ2) is 7.98. The van der Waals surface area contributed by atoms with Crippen LogP contribution in [0.1, 0.15) is 13.8 Å². The number of nitrogens with zero attached hydrogens (tertiary/aromatic N) is 2. The molecule has 0 bridgehead atoms. The molecule has 0 unspecified atom stereocenters. The van der Waals surface area contributed by atoms with E-state index >= 15 is 0 Å². The predicted molar refractivity (Wildman–Crippen MR) is 114 cm³/mol. The quantitative estimate of drug-likeness (QED) is 0.468. The van der Waals surface area contributed by atoms with E-state index in [0.717, 1.165) is 35.2 Å². The molecule has 0 amide bonds. The Morgan fingerprint density at radius 3 is 2.29 bits per heavy atom. The summed E-state index contributed by atoms with van der Waals surface area (Å²) in [5.41, 5.74) is 4.49. The molecule has 124 valence electrons. The lowest BCUT2D eigenvalue weighted by molar-refractivity contribution is 0.866. The molecule has 3 rings (SSSR count). The average Bonchev–Trinajstić information content (AvgIpc) is 3.07. The molecule has 3 aromatic rings. The second-order valence-electron chi connectivity index (χ2n) is 5.39. The SMILES string of the molecule is CCN(CC)c1ccc(-c2csc(Nc3ccc(I)cc3)n2)cc1. The molecule has 0 saturated heterocycles. The van der Waals surface area contributed by atoms with Crippen LogP contribution in [0.2, 0.25) is 0 Å². The second-order valence-corrected chi connectivity index (χ2v) is 7.49. The number of halogens is 1. The monoisotopic (exact) mass is 449 g/mol. The van der Waals surface area contributed by atoms with E-state index in [0.29, 0.717) is 0 Å². The van der Waals surface area contributed by atoms with Gasteiger partial charge in [-0.15, -0.1) is 11.3 Å². The highest BCUT2D eigenvalue weighted by atomic mass is 127. The number of anilines is 3. The van der Waals surface area contributed by atoms with Gasteiger partial charge < -0.3 is 10.2 Å². The van der Waals surface area contributed by atoms with Crippen molar-refractivity contribution >= 4 is 50.4 Å². The van der Waals surface area contributed by atoms with Crippen LogP contribution < -0.4 is 10.2 Å².